The number of phosphoric ester groups is 1. The molecule has 3 aliphatic heterocycles. The Hall–Kier alpha value is -2.04. The molecule has 2 saturated heterocycles. The third-order valence-corrected chi connectivity index (χ3v) is 6.36. The summed E-state index contributed by atoms with van der Waals surface area (Å²) in [5.74, 6) is -4.34. The molecule has 12 heteroatoms. The molecule has 0 spiro atoms. The molecule has 4 atom stereocenters. The molecule has 0 aromatic heterocycles. The Labute approximate surface area is 169 Å². The van der Waals surface area contributed by atoms with E-state index < -0.39 is 74.0 Å². The van der Waals surface area contributed by atoms with E-state index in [0.717, 1.165) is 23.2 Å². The van der Waals surface area contributed by atoms with Crippen molar-refractivity contribution in [3.8, 4) is 0 Å². The number of carbonyl (C=O) groups is 2. The summed E-state index contributed by atoms with van der Waals surface area (Å²) >= 11 is 0. The van der Waals surface area contributed by atoms with Crippen LogP contribution in [0, 0.1) is 18.6 Å². The van der Waals surface area contributed by atoms with E-state index in [2.05, 4.69) is 0 Å². The van der Waals surface area contributed by atoms with Crippen molar-refractivity contribution in [2.24, 2.45) is 0 Å². The summed E-state index contributed by atoms with van der Waals surface area (Å²) in [6, 6.07) is 2.22. The lowest BCUT2D eigenvalue weighted by atomic mass is 10.1. The van der Waals surface area contributed by atoms with Crippen molar-refractivity contribution in [3.63, 3.8) is 0 Å². The van der Waals surface area contributed by atoms with E-state index >= 15 is 0 Å². The second-order valence-electron chi connectivity index (χ2n) is 7.11. The summed E-state index contributed by atoms with van der Waals surface area (Å²) in [6.45, 7) is 0.606. The minimum Gasteiger partial charge on any atom is -0.349 e. The topological polar surface area (TPSA) is 91.4 Å². The fraction of sp³-hybridized carbons (Fsp3) is 0.444. The number of nitrogens with zero attached hydrogens (tertiary/aromatic N) is 1. The fourth-order valence-corrected chi connectivity index (χ4v) is 4.76. The number of hydrogen-bond acceptors (Lipinski definition) is 7. The molecule has 3 heterocycles. The Balaban J connectivity index is 1.42. The van der Waals surface area contributed by atoms with E-state index in [1.54, 1.807) is 0 Å². The normalized spacial score (nSPS) is 31.7. The largest absolute Gasteiger partial charge is 0.475 e. The molecule has 0 aliphatic carbocycles. The standard InChI is InChI=1S/C18H17F3NO7P/c1-9-2-11(19)10(12(20)3-9)7-26-30(25)27-8-16-15(29-30)5-18(28-16)22-6-13(21)14(23)4-17(22)24/h2-3,6,15-16,18H,4-5,7-8H2,1H3/t15-,16+,18+,30?/m0/s1. The van der Waals surface area contributed by atoms with Gasteiger partial charge in [0.05, 0.1) is 19.6 Å². The molecule has 0 radical (unpaired) electrons. The maximum absolute atomic E-state index is 13.9. The van der Waals surface area contributed by atoms with E-state index in [1.807, 2.05) is 0 Å². The molecule has 0 bridgehead atoms. The van der Waals surface area contributed by atoms with Gasteiger partial charge in [-0.3, -0.25) is 28.1 Å². The third-order valence-electron chi connectivity index (χ3n) is 4.92. The van der Waals surface area contributed by atoms with E-state index in [4.69, 9.17) is 18.3 Å². The Morgan fingerprint density at radius 3 is 2.60 bits per heavy atom. The van der Waals surface area contributed by atoms with Gasteiger partial charge in [-0.2, -0.15) is 0 Å². The summed E-state index contributed by atoms with van der Waals surface area (Å²) in [5.41, 5.74) is -0.0446. The van der Waals surface area contributed by atoms with Crippen LogP contribution in [0.15, 0.2) is 24.2 Å². The van der Waals surface area contributed by atoms with Gasteiger partial charge in [-0.1, -0.05) is 0 Å². The van der Waals surface area contributed by atoms with Crippen molar-refractivity contribution >= 4 is 19.5 Å². The van der Waals surface area contributed by atoms with Gasteiger partial charge in [0.1, 0.15) is 30.1 Å². The maximum atomic E-state index is 13.9. The zero-order valence-corrected chi connectivity index (χ0v) is 16.6. The number of hydrogen-bond donors (Lipinski definition) is 0. The van der Waals surface area contributed by atoms with Gasteiger partial charge in [0.15, 0.2) is 5.83 Å². The number of ketones is 1. The Kier molecular flexibility index (Phi) is 5.58. The number of Topliss-reactive ketones (excluding diaryl/α,β-unsaturated/α-hetero) is 1. The molecule has 1 aromatic rings. The van der Waals surface area contributed by atoms with Crippen LogP contribution in [0.3, 0.4) is 0 Å². The van der Waals surface area contributed by atoms with Crippen LogP contribution in [-0.2, 0) is 39.1 Å². The summed E-state index contributed by atoms with van der Waals surface area (Å²) in [4.78, 5) is 24.2. The number of halogens is 3. The maximum Gasteiger partial charge on any atom is 0.475 e. The smallest absolute Gasteiger partial charge is 0.349 e. The third kappa shape index (κ3) is 4.08. The van der Waals surface area contributed by atoms with Crippen LogP contribution < -0.4 is 0 Å². The predicted molar refractivity (Wildman–Crippen MR) is 93.3 cm³/mol. The molecule has 162 valence electrons. The van der Waals surface area contributed by atoms with Crippen molar-refractivity contribution in [2.75, 3.05) is 6.61 Å². The molecule has 2 fully saturated rings. The number of rotatable bonds is 4. The quantitative estimate of drug-likeness (QED) is 0.518. The Morgan fingerprint density at radius 2 is 1.90 bits per heavy atom. The first kappa shape index (κ1) is 21.2. The van der Waals surface area contributed by atoms with Crippen LogP contribution in [0.1, 0.15) is 24.0 Å². The highest BCUT2D eigenvalue weighted by Gasteiger charge is 2.49. The fourth-order valence-electron chi connectivity index (χ4n) is 3.39. The Morgan fingerprint density at radius 1 is 1.20 bits per heavy atom. The SMILES string of the molecule is Cc1cc(F)c(COP2(=O)OC[C@H]3O[C@@H](N4C=C(F)C(=O)CC4=O)C[C@@H]3O2)c(F)c1. The summed E-state index contributed by atoms with van der Waals surface area (Å²) in [7, 11) is -4.16. The summed E-state index contributed by atoms with van der Waals surface area (Å²) in [5, 5.41) is 0. The number of aryl methyl sites for hydroxylation is 1. The lowest BCUT2D eigenvalue weighted by Crippen LogP contribution is -2.40. The van der Waals surface area contributed by atoms with Gasteiger partial charge in [0.25, 0.3) is 0 Å². The molecule has 0 N–H and O–H groups in total. The molecule has 1 unspecified atom stereocenters. The van der Waals surface area contributed by atoms with Crippen LogP contribution in [0.2, 0.25) is 0 Å². The number of ether oxygens (including phenoxy) is 1. The van der Waals surface area contributed by atoms with Gasteiger partial charge in [0.2, 0.25) is 11.7 Å². The van der Waals surface area contributed by atoms with Crippen molar-refractivity contribution < 1.29 is 45.6 Å². The number of fused-ring (bicyclic) bond motifs is 1. The Bertz CT molecular complexity index is 962. The molecular formula is C18H17F3NO7P. The van der Waals surface area contributed by atoms with Crippen molar-refractivity contribution in [1.29, 1.82) is 0 Å². The van der Waals surface area contributed by atoms with Crippen LogP contribution in [-0.4, -0.2) is 41.6 Å². The highest BCUT2D eigenvalue weighted by molar-refractivity contribution is 7.48. The molecule has 8 nitrogen and oxygen atoms in total. The molecular weight excluding hydrogens is 430 g/mol. The van der Waals surface area contributed by atoms with Crippen LogP contribution >= 0.6 is 7.82 Å². The number of amides is 1. The van der Waals surface area contributed by atoms with Crippen LogP contribution in [0.5, 0.6) is 0 Å². The monoisotopic (exact) mass is 447 g/mol. The van der Waals surface area contributed by atoms with Gasteiger partial charge in [-0.05, 0) is 24.6 Å². The number of phosphoric acid groups is 1. The van der Waals surface area contributed by atoms with E-state index in [9.17, 15) is 27.3 Å². The van der Waals surface area contributed by atoms with Crippen molar-refractivity contribution in [3.05, 3.63) is 46.9 Å². The second-order valence-corrected chi connectivity index (χ2v) is 8.73. The van der Waals surface area contributed by atoms with E-state index in [-0.39, 0.29) is 13.0 Å². The van der Waals surface area contributed by atoms with Gasteiger partial charge in [-0.15, -0.1) is 0 Å². The minimum absolute atomic E-state index is 0.0122. The molecule has 1 aromatic carbocycles. The van der Waals surface area contributed by atoms with E-state index in [1.165, 1.54) is 6.92 Å². The van der Waals surface area contributed by atoms with Crippen molar-refractivity contribution in [2.45, 2.75) is 44.8 Å². The van der Waals surface area contributed by atoms with Gasteiger partial charge in [0, 0.05) is 18.2 Å². The first-order chi connectivity index (χ1) is 14.1. The summed E-state index contributed by atoms with van der Waals surface area (Å²) in [6.07, 6.45) is -2.36. The van der Waals surface area contributed by atoms with Crippen molar-refractivity contribution in [1.82, 2.24) is 4.90 Å². The minimum atomic E-state index is -4.16. The van der Waals surface area contributed by atoms with Gasteiger partial charge >= 0.3 is 7.82 Å². The summed E-state index contributed by atoms with van der Waals surface area (Å²) < 4.78 is 75.3. The number of allylic oxidation sites excluding steroid dienone is 1. The van der Waals surface area contributed by atoms with Gasteiger partial charge < -0.3 is 4.74 Å². The highest BCUT2D eigenvalue weighted by Crippen LogP contribution is 2.56. The first-order valence-corrected chi connectivity index (χ1v) is 10.5. The zero-order valence-electron chi connectivity index (χ0n) is 15.7. The van der Waals surface area contributed by atoms with E-state index in [0.29, 0.717) is 5.56 Å². The lowest BCUT2D eigenvalue weighted by Gasteiger charge is -2.30. The second kappa shape index (κ2) is 7.90. The first-order valence-electron chi connectivity index (χ1n) is 9.04. The molecule has 30 heavy (non-hydrogen) atoms. The van der Waals surface area contributed by atoms with Crippen LogP contribution in [0.4, 0.5) is 13.2 Å². The predicted octanol–water partition coefficient (Wildman–Crippen LogP) is 3.04. The number of carbonyl (C=O) groups excluding carboxylic acids is 2. The molecule has 1 amide bonds. The average molecular weight is 447 g/mol. The molecule has 3 aliphatic rings. The van der Waals surface area contributed by atoms with Gasteiger partial charge in [-0.25, -0.2) is 17.7 Å². The average Bonchev–Trinajstić information content (AvgIpc) is 3.06. The lowest BCUT2D eigenvalue weighted by molar-refractivity contribution is -0.146. The molecule has 0 saturated carbocycles. The molecule has 4 rings (SSSR count). The number of benzene rings is 1. The van der Waals surface area contributed by atoms with Crippen LogP contribution in [0.25, 0.3) is 0 Å². The zero-order chi connectivity index (χ0) is 21.6. The highest BCUT2D eigenvalue weighted by atomic mass is 31.2.